The lowest BCUT2D eigenvalue weighted by Crippen LogP contribution is -2.25. The van der Waals surface area contributed by atoms with E-state index in [9.17, 15) is 0 Å². The van der Waals surface area contributed by atoms with E-state index in [0.717, 1.165) is 0 Å². The van der Waals surface area contributed by atoms with Gasteiger partial charge in [-0.1, -0.05) is 26.8 Å². The molecule has 0 amide bonds. The number of benzene rings is 1. The van der Waals surface area contributed by atoms with E-state index >= 15 is 0 Å². The first-order chi connectivity index (χ1) is 7.77. The topological polar surface area (TPSA) is 26.0 Å². The van der Waals surface area contributed by atoms with E-state index in [1.165, 1.54) is 27.8 Å². The molecule has 0 aliphatic heterocycles. The minimum Gasteiger partial charge on any atom is -0.324 e. The third-order valence-corrected chi connectivity index (χ3v) is 4.38. The Labute approximate surface area is 106 Å². The minimum absolute atomic E-state index is 0.147. The largest absolute Gasteiger partial charge is 0.324 e. The second kappa shape index (κ2) is 5.22. The zero-order valence-corrected chi connectivity index (χ0v) is 12.4. The average molecular weight is 233 g/mol. The van der Waals surface area contributed by atoms with Crippen molar-refractivity contribution >= 4 is 0 Å². The zero-order valence-electron chi connectivity index (χ0n) is 12.4. The maximum Gasteiger partial charge on any atom is 0.0328 e. The fraction of sp³-hybridized carbons (Fsp3) is 0.625. The van der Waals surface area contributed by atoms with Crippen LogP contribution in [0.25, 0.3) is 0 Å². The molecule has 0 aliphatic rings. The summed E-state index contributed by atoms with van der Waals surface area (Å²) >= 11 is 0. The molecule has 0 radical (unpaired) electrons. The Morgan fingerprint density at radius 3 is 1.65 bits per heavy atom. The molecule has 2 atom stereocenters. The summed E-state index contributed by atoms with van der Waals surface area (Å²) in [7, 11) is 0. The number of hydrogen-bond donors (Lipinski definition) is 1. The molecular formula is C16H27N. The molecule has 0 aromatic heterocycles. The van der Waals surface area contributed by atoms with E-state index in [1.807, 2.05) is 0 Å². The van der Waals surface area contributed by atoms with Crippen LogP contribution in [0, 0.1) is 39.5 Å². The van der Waals surface area contributed by atoms with E-state index in [-0.39, 0.29) is 6.04 Å². The summed E-state index contributed by atoms with van der Waals surface area (Å²) in [5.41, 5.74) is 13.3. The molecule has 1 heteroatoms. The highest BCUT2D eigenvalue weighted by molar-refractivity contribution is 5.45. The second-order valence-corrected chi connectivity index (χ2v) is 5.80. The lowest BCUT2D eigenvalue weighted by atomic mass is 9.81. The molecule has 0 aliphatic carbocycles. The molecular weight excluding hydrogens is 206 g/mol. The van der Waals surface area contributed by atoms with Crippen LogP contribution in [-0.4, -0.2) is 0 Å². The van der Waals surface area contributed by atoms with Crippen LogP contribution in [0.15, 0.2) is 6.07 Å². The monoisotopic (exact) mass is 233 g/mol. The van der Waals surface area contributed by atoms with Crippen LogP contribution in [0.3, 0.4) is 0 Å². The molecule has 0 saturated carbocycles. The number of nitrogens with two attached hydrogens (primary N) is 1. The molecule has 1 nitrogen and oxygen atoms in total. The van der Waals surface area contributed by atoms with Crippen LogP contribution in [0.2, 0.25) is 0 Å². The Kier molecular flexibility index (Phi) is 4.37. The van der Waals surface area contributed by atoms with Crippen molar-refractivity contribution in [3.8, 4) is 0 Å². The van der Waals surface area contributed by atoms with Crippen LogP contribution in [0.4, 0.5) is 0 Å². The van der Waals surface area contributed by atoms with Gasteiger partial charge < -0.3 is 5.73 Å². The van der Waals surface area contributed by atoms with Gasteiger partial charge in [0.05, 0.1) is 0 Å². The van der Waals surface area contributed by atoms with E-state index in [0.29, 0.717) is 11.8 Å². The van der Waals surface area contributed by atoms with E-state index < -0.39 is 0 Å². The van der Waals surface area contributed by atoms with Gasteiger partial charge in [-0.2, -0.15) is 0 Å². The Balaban J connectivity index is 3.30. The van der Waals surface area contributed by atoms with Crippen LogP contribution >= 0.6 is 0 Å². The summed E-state index contributed by atoms with van der Waals surface area (Å²) in [5.74, 6) is 1.12. The predicted molar refractivity (Wildman–Crippen MR) is 76.3 cm³/mol. The maximum atomic E-state index is 6.48. The van der Waals surface area contributed by atoms with E-state index in [2.05, 4.69) is 54.5 Å². The van der Waals surface area contributed by atoms with Gasteiger partial charge in [-0.3, -0.25) is 0 Å². The fourth-order valence-corrected chi connectivity index (χ4v) is 2.42. The first-order valence-corrected chi connectivity index (χ1v) is 6.60. The first kappa shape index (κ1) is 14.2. The molecule has 2 unspecified atom stereocenters. The highest BCUT2D eigenvalue weighted by atomic mass is 14.7. The summed E-state index contributed by atoms with van der Waals surface area (Å²) in [4.78, 5) is 0. The van der Waals surface area contributed by atoms with Crippen molar-refractivity contribution in [2.75, 3.05) is 0 Å². The lowest BCUT2D eigenvalue weighted by Gasteiger charge is -2.28. The van der Waals surface area contributed by atoms with Gasteiger partial charge in [-0.05, 0) is 67.3 Å². The summed E-state index contributed by atoms with van der Waals surface area (Å²) in [6.07, 6.45) is 0. The van der Waals surface area contributed by atoms with Gasteiger partial charge in [0.2, 0.25) is 0 Å². The Bertz CT molecular complexity index is 378. The molecule has 1 aromatic rings. The molecule has 0 saturated heterocycles. The summed E-state index contributed by atoms with van der Waals surface area (Å²) in [6, 6.07) is 2.41. The molecule has 96 valence electrons. The van der Waals surface area contributed by atoms with Crippen molar-refractivity contribution in [3.63, 3.8) is 0 Å². The highest BCUT2D eigenvalue weighted by Crippen LogP contribution is 2.32. The van der Waals surface area contributed by atoms with Crippen molar-refractivity contribution in [2.24, 2.45) is 17.6 Å². The van der Waals surface area contributed by atoms with Gasteiger partial charge in [0.15, 0.2) is 0 Å². The van der Waals surface area contributed by atoms with E-state index in [4.69, 9.17) is 5.73 Å². The number of aryl methyl sites for hydroxylation is 2. The van der Waals surface area contributed by atoms with Crippen LogP contribution < -0.4 is 5.73 Å². The normalized spacial score (nSPS) is 15.1. The van der Waals surface area contributed by atoms with Gasteiger partial charge in [-0.15, -0.1) is 0 Å². The number of hydrogen-bond acceptors (Lipinski definition) is 1. The molecule has 0 spiro atoms. The second-order valence-electron chi connectivity index (χ2n) is 5.80. The molecule has 0 fully saturated rings. The minimum atomic E-state index is 0.147. The third-order valence-electron chi connectivity index (χ3n) is 4.38. The van der Waals surface area contributed by atoms with Crippen LogP contribution in [-0.2, 0) is 0 Å². The third kappa shape index (κ3) is 2.71. The molecule has 0 heterocycles. The van der Waals surface area contributed by atoms with Gasteiger partial charge in [-0.25, -0.2) is 0 Å². The molecule has 1 aromatic carbocycles. The van der Waals surface area contributed by atoms with Crippen molar-refractivity contribution in [3.05, 3.63) is 33.9 Å². The average Bonchev–Trinajstić information content (AvgIpc) is 2.25. The zero-order chi connectivity index (χ0) is 13.3. The first-order valence-electron chi connectivity index (χ1n) is 6.60. The Morgan fingerprint density at radius 1 is 0.882 bits per heavy atom. The standard InChI is InChI=1S/C16H27N/c1-9(2)12(5)16(17)15-13(6)10(3)8-11(4)14(15)7/h8-9,12,16H,17H2,1-7H3. The summed E-state index contributed by atoms with van der Waals surface area (Å²) in [5, 5.41) is 0. The molecule has 2 N–H and O–H groups in total. The quantitative estimate of drug-likeness (QED) is 0.831. The highest BCUT2D eigenvalue weighted by Gasteiger charge is 2.22. The maximum absolute atomic E-state index is 6.48. The molecule has 17 heavy (non-hydrogen) atoms. The van der Waals surface area contributed by atoms with Crippen molar-refractivity contribution in [1.82, 2.24) is 0 Å². The van der Waals surface area contributed by atoms with Crippen molar-refractivity contribution < 1.29 is 0 Å². The van der Waals surface area contributed by atoms with Gasteiger partial charge in [0.1, 0.15) is 0 Å². The predicted octanol–water partition coefficient (Wildman–Crippen LogP) is 4.21. The summed E-state index contributed by atoms with van der Waals surface area (Å²) in [6.45, 7) is 15.5. The van der Waals surface area contributed by atoms with Gasteiger partial charge in [0, 0.05) is 6.04 Å². The SMILES string of the molecule is Cc1cc(C)c(C)c(C(N)C(C)C(C)C)c1C. The Morgan fingerprint density at radius 2 is 1.29 bits per heavy atom. The van der Waals surface area contributed by atoms with Crippen molar-refractivity contribution in [1.29, 1.82) is 0 Å². The van der Waals surface area contributed by atoms with Gasteiger partial charge in [0.25, 0.3) is 0 Å². The number of rotatable bonds is 3. The fourth-order valence-electron chi connectivity index (χ4n) is 2.42. The van der Waals surface area contributed by atoms with Crippen LogP contribution in [0.5, 0.6) is 0 Å². The van der Waals surface area contributed by atoms with Gasteiger partial charge >= 0.3 is 0 Å². The molecule has 1 rings (SSSR count). The smallest absolute Gasteiger partial charge is 0.0328 e. The summed E-state index contributed by atoms with van der Waals surface area (Å²) < 4.78 is 0. The Hall–Kier alpha value is -0.820. The lowest BCUT2D eigenvalue weighted by molar-refractivity contribution is 0.350. The van der Waals surface area contributed by atoms with Crippen molar-refractivity contribution in [2.45, 2.75) is 54.5 Å². The van der Waals surface area contributed by atoms with Crippen LogP contribution in [0.1, 0.15) is 54.6 Å². The molecule has 0 bridgehead atoms. The van der Waals surface area contributed by atoms with E-state index in [1.54, 1.807) is 0 Å².